The number of hydrogen-bond donors (Lipinski definition) is 1. The van der Waals surface area contributed by atoms with Gasteiger partial charge in [-0.2, -0.15) is 0 Å². The molecular weight excluding hydrogens is 452 g/mol. The third kappa shape index (κ3) is 4.18. The summed E-state index contributed by atoms with van der Waals surface area (Å²) >= 11 is 6.30. The Morgan fingerprint density at radius 3 is 2.44 bits per heavy atom. The normalized spacial score (nSPS) is 15.9. The predicted molar refractivity (Wildman–Crippen MR) is 123 cm³/mol. The molecule has 0 radical (unpaired) electrons. The minimum absolute atomic E-state index is 0.0318. The summed E-state index contributed by atoms with van der Waals surface area (Å²) in [7, 11) is 0. The van der Waals surface area contributed by atoms with E-state index in [2.05, 4.69) is 0 Å². The van der Waals surface area contributed by atoms with Gasteiger partial charge in [-0.05, 0) is 29.8 Å². The highest BCUT2D eigenvalue weighted by atomic mass is 32.2. The summed E-state index contributed by atoms with van der Waals surface area (Å²) in [4.78, 5) is 36.6. The van der Waals surface area contributed by atoms with Crippen LogP contribution in [-0.2, 0) is 9.59 Å². The van der Waals surface area contributed by atoms with Crippen molar-refractivity contribution in [1.29, 1.82) is 0 Å². The molecule has 0 bridgehead atoms. The molecule has 160 valence electrons. The quantitative estimate of drug-likeness (QED) is 0.237. The van der Waals surface area contributed by atoms with Gasteiger partial charge in [-0.1, -0.05) is 54.3 Å². The molecule has 1 atom stereocenters. The number of carboxylic acid groups (broad SMARTS) is 1. The number of carbonyl (C=O) groups is 2. The first-order chi connectivity index (χ1) is 15.3. The highest BCUT2D eigenvalue weighted by Crippen LogP contribution is 2.39. The Morgan fingerprint density at radius 1 is 1.12 bits per heavy atom. The number of carbonyl (C=O) groups excluding carboxylic acids is 1. The zero-order chi connectivity index (χ0) is 22.8. The Hall–Kier alpha value is -3.76. The smallest absolute Gasteiger partial charge is 0.331 e. The molecule has 1 N–H and O–H groups in total. The maximum Gasteiger partial charge on any atom is 0.331 e. The topological polar surface area (TPSA) is 114 Å². The zero-order valence-corrected chi connectivity index (χ0v) is 17.8. The standard InChI is InChI=1S/C22H14N2O6S2/c25-20-18(32-22(31)23(20)19(21(26)27)14-4-2-1-3-5-14)12-16-10-11-17(30-16)13-6-8-15(9-7-13)24(28)29/h1-12,19H,(H,26,27)/b18-12-. The number of aliphatic carboxylic acids is 1. The molecule has 8 nitrogen and oxygen atoms in total. The molecule has 1 fully saturated rings. The lowest BCUT2D eigenvalue weighted by Crippen LogP contribution is -2.37. The van der Waals surface area contributed by atoms with Gasteiger partial charge < -0.3 is 9.52 Å². The molecule has 0 saturated carbocycles. The van der Waals surface area contributed by atoms with Crippen molar-refractivity contribution in [3.63, 3.8) is 0 Å². The molecule has 1 aliphatic heterocycles. The van der Waals surface area contributed by atoms with Gasteiger partial charge in [0.2, 0.25) is 0 Å². The number of thiocarbonyl (C=S) groups is 1. The van der Waals surface area contributed by atoms with Crippen molar-refractivity contribution >= 4 is 51.9 Å². The molecule has 32 heavy (non-hydrogen) atoms. The van der Waals surface area contributed by atoms with Gasteiger partial charge in [-0.3, -0.25) is 19.8 Å². The first kappa shape index (κ1) is 21.5. The van der Waals surface area contributed by atoms with Crippen molar-refractivity contribution in [1.82, 2.24) is 4.90 Å². The van der Waals surface area contributed by atoms with E-state index in [-0.39, 0.29) is 14.9 Å². The number of nitrogens with zero attached hydrogens (tertiary/aromatic N) is 2. The number of thioether (sulfide) groups is 1. The van der Waals surface area contributed by atoms with E-state index in [0.717, 1.165) is 16.7 Å². The van der Waals surface area contributed by atoms with Crippen molar-refractivity contribution in [2.45, 2.75) is 6.04 Å². The minimum Gasteiger partial charge on any atom is -0.479 e. The molecule has 1 saturated heterocycles. The van der Waals surface area contributed by atoms with Crippen LogP contribution in [0.5, 0.6) is 0 Å². The number of non-ortho nitro benzene ring substituents is 1. The van der Waals surface area contributed by atoms with Crippen LogP contribution in [0.25, 0.3) is 17.4 Å². The van der Waals surface area contributed by atoms with E-state index < -0.39 is 22.8 Å². The van der Waals surface area contributed by atoms with Crippen LogP contribution in [0.15, 0.2) is 76.1 Å². The molecule has 1 aliphatic rings. The van der Waals surface area contributed by atoms with Crippen molar-refractivity contribution in [2.24, 2.45) is 0 Å². The third-order valence-electron chi connectivity index (χ3n) is 4.69. The SMILES string of the molecule is O=C(O)C(c1ccccc1)N1C(=O)/C(=C/c2ccc(-c3ccc([N+](=O)[O-])cc3)o2)SC1=S. The maximum atomic E-state index is 13.0. The molecule has 1 amide bonds. The number of amides is 1. The fourth-order valence-electron chi connectivity index (χ4n) is 3.20. The van der Waals surface area contributed by atoms with Crippen LogP contribution in [0.4, 0.5) is 5.69 Å². The van der Waals surface area contributed by atoms with E-state index in [9.17, 15) is 24.8 Å². The fourth-order valence-corrected chi connectivity index (χ4v) is 4.50. The van der Waals surface area contributed by atoms with Crippen molar-refractivity contribution in [3.05, 3.63) is 93.1 Å². The number of hydrogen-bond acceptors (Lipinski definition) is 7. The maximum absolute atomic E-state index is 13.0. The molecule has 1 unspecified atom stereocenters. The molecule has 2 aromatic carbocycles. The number of furan rings is 1. The highest BCUT2D eigenvalue weighted by molar-refractivity contribution is 8.26. The molecule has 1 aromatic heterocycles. The van der Waals surface area contributed by atoms with Gasteiger partial charge in [-0.15, -0.1) is 0 Å². The van der Waals surface area contributed by atoms with E-state index in [1.165, 1.54) is 18.2 Å². The fraction of sp³-hybridized carbons (Fsp3) is 0.0455. The van der Waals surface area contributed by atoms with Gasteiger partial charge in [0.1, 0.15) is 15.8 Å². The summed E-state index contributed by atoms with van der Waals surface area (Å²) < 4.78 is 5.89. The summed E-state index contributed by atoms with van der Waals surface area (Å²) in [5, 5.41) is 20.5. The van der Waals surface area contributed by atoms with Gasteiger partial charge in [-0.25, -0.2) is 4.79 Å². The molecule has 4 rings (SSSR count). The van der Waals surface area contributed by atoms with E-state index >= 15 is 0 Å². The Labute approximate surface area is 191 Å². The second-order valence-electron chi connectivity index (χ2n) is 6.71. The number of carboxylic acids is 1. The molecule has 3 aromatic rings. The zero-order valence-electron chi connectivity index (χ0n) is 16.2. The Morgan fingerprint density at radius 2 is 1.81 bits per heavy atom. The van der Waals surface area contributed by atoms with Gasteiger partial charge >= 0.3 is 5.97 Å². The first-order valence-corrected chi connectivity index (χ1v) is 10.5. The number of benzene rings is 2. The average Bonchev–Trinajstić information content (AvgIpc) is 3.35. The average molecular weight is 466 g/mol. The van der Waals surface area contributed by atoms with Gasteiger partial charge in [0.05, 0.1) is 9.83 Å². The number of rotatable bonds is 6. The number of nitro benzene ring substituents is 1. The minimum atomic E-state index is -1.23. The Balaban J connectivity index is 1.59. The summed E-state index contributed by atoms with van der Waals surface area (Å²) in [6.45, 7) is 0. The molecule has 10 heteroatoms. The van der Waals surface area contributed by atoms with Gasteiger partial charge in [0.25, 0.3) is 11.6 Å². The van der Waals surface area contributed by atoms with Crippen molar-refractivity contribution in [3.8, 4) is 11.3 Å². The second kappa shape index (κ2) is 8.77. The summed E-state index contributed by atoms with van der Waals surface area (Å²) in [5.74, 6) is -0.878. The second-order valence-corrected chi connectivity index (χ2v) is 8.38. The van der Waals surface area contributed by atoms with Crippen LogP contribution in [0.3, 0.4) is 0 Å². The van der Waals surface area contributed by atoms with E-state index in [1.807, 2.05) is 0 Å². The Kier molecular flexibility index (Phi) is 5.89. The van der Waals surface area contributed by atoms with Crippen LogP contribution in [0.2, 0.25) is 0 Å². The van der Waals surface area contributed by atoms with E-state index in [0.29, 0.717) is 22.6 Å². The molecular formula is C22H14N2O6S2. The van der Waals surface area contributed by atoms with E-state index in [1.54, 1.807) is 54.6 Å². The highest BCUT2D eigenvalue weighted by Gasteiger charge is 2.41. The lowest BCUT2D eigenvalue weighted by Gasteiger charge is -2.23. The van der Waals surface area contributed by atoms with Crippen LogP contribution < -0.4 is 0 Å². The van der Waals surface area contributed by atoms with Crippen molar-refractivity contribution < 1.29 is 24.0 Å². The summed E-state index contributed by atoms with van der Waals surface area (Å²) in [5.41, 5.74) is 1.05. The monoisotopic (exact) mass is 466 g/mol. The van der Waals surface area contributed by atoms with Gasteiger partial charge in [0.15, 0.2) is 6.04 Å². The van der Waals surface area contributed by atoms with E-state index in [4.69, 9.17) is 16.6 Å². The van der Waals surface area contributed by atoms with Crippen LogP contribution in [-0.4, -0.2) is 31.1 Å². The molecule has 2 heterocycles. The summed E-state index contributed by atoms with van der Waals surface area (Å²) in [6.07, 6.45) is 1.50. The van der Waals surface area contributed by atoms with Crippen LogP contribution in [0.1, 0.15) is 17.4 Å². The van der Waals surface area contributed by atoms with Gasteiger partial charge in [0, 0.05) is 23.8 Å². The molecule has 0 spiro atoms. The van der Waals surface area contributed by atoms with Crippen molar-refractivity contribution in [2.75, 3.05) is 0 Å². The number of nitro groups is 1. The van der Waals surface area contributed by atoms with Crippen LogP contribution >= 0.6 is 24.0 Å². The predicted octanol–water partition coefficient (Wildman–Crippen LogP) is 4.88. The van der Waals surface area contributed by atoms with Crippen LogP contribution in [0, 0.1) is 10.1 Å². The Bertz CT molecular complexity index is 1250. The first-order valence-electron chi connectivity index (χ1n) is 9.24. The summed E-state index contributed by atoms with van der Waals surface area (Å²) in [6, 6.07) is 16.4. The third-order valence-corrected chi connectivity index (χ3v) is 6.02. The molecule has 0 aliphatic carbocycles. The lowest BCUT2D eigenvalue weighted by atomic mass is 10.1. The lowest BCUT2D eigenvalue weighted by molar-refractivity contribution is -0.384. The largest absolute Gasteiger partial charge is 0.479 e.